The maximum Gasteiger partial charge on any atom is 0.360 e. The number of nitrogens with zero attached hydrogens (tertiary/aromatic N) is 3. The van der Waals surface area contributed by atoms with Crippen molar-refractivity contribution >= 4 is 34.5 Å². The lowest BCUT2D eigenvalue weighted by Crippen LogP contribution is -2.34. The number of carbonyl (C=O) groups is 3. The summed E-state index contributed by atoms with van der Waals surface area (Å²) in [5.41, 5.74) is 1.01. The number of methoxy groups -OCH3 is 1. The van der Waals surface area contributed by atoms with E-state index in [4.69, 9.17) is 0 Å². The first kappa shape index (κ1) is 21.6. The predicted octanol–water partition coefficient (Wildman–Crippen LogP) is 1.88. The van der Waals surface area contributed by atoms with Gasteiger partial charge in [-0.2, -0.15) is 0 Å². The minimum absolute atomic E-state index is 0.00846. The molecule has 0 spiro atoms. The summed E-state index contributed by atoms with van der Waals surface area (Å²) in [5.74, 6) is -3.78. The second-order valence-corrected chi connectivity index (χ2v) is 6.85. The molecule has 2 heterocycles. The van der Waals surface area contributed by atoms with Crippen molar-refractivity contribution in [3.8, 4) is 5.75 Å². The molecule has 0 bridgehead atoms. The number of anilines is 1. The van der Waals surface area contributed by atoms with Gasteiger partial charge in [-0.15, -0.1) is 0 Å². The highest BCUT2D eigenvalue weighted by Gasteiger charge is 2.24. The van der Waals surface area contributed by atoms with E-state index < -0.39 is 29.2 Å². The van der Waals surface area contributed by atoms with Crippen LogP contribution in [0.2, 0.25) is 0 Å². The van der Waals surface area contributed by atoms with Crippen LogP contribution >= 0.6 is 0 Å². The fourth-order valence-electron chi connectivity index (χ4n) is 2.85. The number of nitrogens with one attached hydrogen (secondary N) is 1. The Kier molecular flexibility index (Phi) is 6.10. The Bertz CT molecular complexity index is 1180. The number of esters is 1. The highest BCUT2D eigenvalue weighted by Crippen LogP contribution is 2.32. The topological polar surface area (TPSA) is 122 Å². The van der Waals surface area contributed by atoms with Crippen LogP contribution in [0.4, 0.5) is 10.2 Å². The van der Waals surface area contributed by atoms with Gasteiger partial charge in [0.15, 0.2) is 11.4 Å². The van der Waals surface area contributed by atoms with Crippen LogP contribution in [-0.4, -0.2) is 59.0 Å². The Balaban J connectivity index is 2.11. The van der Waals surface area contributed by atoms with Gasteiger partial charge in [-0.3, -0.25) is 14.6 Å². The van der Waals surface area contributed by atoms with Gasteiger partial charge >= 0.3 is 17.8 Å². The third-order valence-electron chi connectivity index (χ3n) is 4.40. The predicted molar refractivity (Wildman–Crippen MR) is 109 cm³/mol. The van der Waals surface area contributed by atoms with E-state index in [1.165, 1.54) is 32.4 Å². The zero-order valence-corrected chi connectivity index (χ0v) is 17.0. The summed E-state index contributed by atoms with van der Waals surface area (Å²) in [7, 11) is 3.93. The quantitative estimate of drug-likeness (QED) is 0.482. The number of hydrogen-bond acceptors (Lipinski definition) is 7. The molecule has 0 aliphatic rings. The molecule has 2 N–H and O–H groups in total. The molecular formula is C21H19FN4O5. The Hall–Kier alpha value is -4.08. The van der Waals surface area contributed by atoms with Crippen LogP contribution < -0.4 is 5.32 Å². The third-order valence-corrected chi connectivity index (χ3v) is 4.40. The van der Waals surface area contributed by atoms with Crippen LogP contribution in [0.15, 0.2) is 36.5 Å². The Morgan fingerprint density at radius 1 is 1.16 bits per heavy atom. The van der Waals surface area contributed by atoms with Gasteiger partial charge in [0.2, 0.25) is 0 Å². The van der Waals surface area contributed by atoms with Gasteiger partial charge in [0.05, 0.1) is 7.11 Å². The molecule has 0 fully saturated rings. The molecule has 2 amide bonds. The molecule has 0 radical (unpaired) electrons. The van der Waals surface area contributed by atoms with Crippen molar-refractivity contribution in [2.24, 2.45) is 0 Å². The average molecular weight is 426 g/mol. The number of hydrogen-bond donors (Lipinski definition) is 2. The maximum absolute atomic E-state index is 13.1. The van der Waals surface area contributed by atoms with Gasteiger partial charge in [0.1, 0.15) is 17.2 Å². The van der Waals surface area contributed by atoms with E-state index in [0.717, 1.165) is 17.6 Å². The first-order valence-corrected chi connectivity index (χ1v) is 9.08. The SMILES string of the molecule is COC(=O)c1nc(NC(=O)C(=O)N(C)C)c2cc(Cc3ccc(F)cc3)cnc2c1O. The number of aromatic nitrogens is 2. The number of halogens is 1. The molecule has 0 aliphatic carbocycles. The van der Waals surface area contributed by atoms with Crippen LogP contribution in [0.25, 0.3) is 10.9 Å². The Morgan fingerprint density at radius 2 is 1.84 bits per heavy atom. The molecule has 160 valence electrons. The van der Waals surface area contributed by atoms with Crippen molar-refractivity contribution in [1.29, 1.82) is 0 Å². The second kappa shape index (κ2) is 8.74. The molecular weight excluding hydrogens is 407 g/mol. The summed E-state index contributed by atoms with van der Waals surface area (Å²) < 4.78 is 17.8. The van der Waals surface area contributed by atoms with E-state index in [1.807, 2.05) is 0 Å². The van der Waals surface area contributed by atoms with Crippen molar-refractivity contribution in [3.63, 3.8) is 0 Å². The maximum atomic E-state index is 13.1. The molecule has 1 aromatic carbocycles. The second-order valence-electron chi connectivity index (χ2n) is 6.85. The number of carbonyl (C=O) groups excluding carboxylic acids is 3. The number of ether oxygens (including phenoxy) is 1. The minimum atomic E-state index is -0.982. The van der Waals surface area contributed by atoms with Crippen LogP contribution in [0.5, 0.6) is 5.75 Å². The van der Waals surface area contributed by atoms with E-state index >= 15 is 0 Å². The van der Waals surface area contributed by atoms with Crippen LogP contribution in [0.1, 0.15) is 21.6 Å². The number of benzene rings is 1. The molecule has 10 heteroatoms. The van der Waals surface area contributed by atoms with Crippen molar-refractivity contribution < 1.29 is 28.6 Å². The van der Waals surface area contributed by atoms with Crippen molar-refractivity contribution in [2.45, 2.75) is 6.42 Å². The van der Waals surface area contributed by atoms with Crippen molar-refractivity contribution in [3.05, 3.63) is 59.2 Å². The van der Waals surface area contributed by atoms with E-state index in [2.05, 4.69) is 20.0 Å². The minimum Gasteiger partial charge on any atom is -0.504 e. The zero-order valence-electron chi connectivity index (χ0n) is 17.0. The summed E-state index contributed by atoms with van der Waals surface area (Å²) in [6, 6.07) is 7.51. The lowest BCUT2D eigenvalue weighted by molar-refractivity contribution is -0.141. The van der Waals surface area contributed by atoms with Gasteiger partial charge in [-0.25, -0.2) is 14.2 Å². The monoisotopic (exact) mass is 426 g/mol. The van der Waals surface area contributed by atoms with E-state index in [0.29, 0.717) is 12.0 Å². The Morgan fingerprint density at radius 3 is 2.45 bits per heavy atom. The lowest BCUT2D eigenvalue weighted by Gasteiger charge is -2.14. The molecule has 0 aliphatic heterocycles. The van der Waals surface area contributed by atoms with Crippen LogP contribution in [0.3, 0.4) is 0 Å². The van der Waals surface area contributed by atoms with Gasteiger partial charge in [-0.1, -0.05) is 12.1 Å². The molecule has 0 saturated carbocycles. The summed E-state index contributed by atoms with van der Waals surface area (Å²) in [6.45, 7) is 0. The number of amides is 2. The number of rotatable bonds is 4. The largest absolute Gasteiger partial charge is 0.504 e. The average Bonchev–Trinajstić information content (AvgIpc) is 2.76. The molecule has 31 heavy (non-hydrogen) atoms. The van der Waals surface area contributed by atoms with Gasteiger partial charge < -0.3 is 20.1 Å². The molecule has 3 aromatic rings. The highest BCUT2D eigenvalue weighted by molar-refractivity contribution is 6.39. The number of likely N-dealkylation sites (N-methyl/N-ethyl adjacent to an activating group) is 1. The molecule has 3 rings (SSSR count). The molecule has 2 aromatic heterocycles. The highest BCUT2D eigenvalue weighted by atomic mass is 19.1. The molecule has 0 unspecified atom stereocenters. The van der Waals surface area contributed by atoms with E-state index in [9.17, 15) is 23.9 Å². The summed E-state index contributed by atoms with van der Waals surface area (Å²) in [4.78, 5) is 45.5. The summed E-state index contributed by atoms with van der Waals surface area (Å²) >= 11 is 0. The first-order chi connectivity index (χ1) is 14.7. The van der Waals surface area contributed by atoms with Gasteiger partial charge in [0, 0.05) is 25.7 Å². The smallest absolute Gasteiger partial charge is 0.360 e. The first-order valence-electron chi connectivity index (χ1n) is 9.08. The van der Waals surface area contributed by atoms with Gasteiger partial charge in [-0.05, 0) is 35.7 Å². The van der Waals surface area contributed by atoms with E-state index in [1.54, 1.807) is 18.2 Å². The van der Waals surface area contributed by atoms with Crippen LogP contribution in [-0.2, 0) is 20.7 Å². The summed E-state index contributed by atoms with van der Waals surface area (Å²) in [5, 5.41) is 13.0. The fourth-order valence-corrected chi connectivity index (χ4v) is 2.85. The molecule has 0 atom stereocenters. The number of aromatic hydroxyl groups is 1. The molecule has 0 saturated heterocycles. The fraction of sp³-hybridized carbons (Fsp3) is 0.190. The zero-order chi connectivity index (χ0) is 22.7. The number of fused-ring (bicyclic) bond motifs is 1. The lowest BCUT2D eigenvalue weighted by atomic mass is 10.0. The normalized spacial score (nSPS) is 10.6. The van der Waals surface area contributed by atoms with Crippen molar-refractivity contribution in [2.75, 3.05) is 26.5 Å². The van der Waals surface area contributed by atoms with Crippen molar-refractivity contribution in [1.82, 2.24) is 14.9 Å². The molecule has 9 nitrogen and oxygen atoms in total. The summed E-state index contributed by atoms with van der Waals surface area (Å²) in [6.07, 6.45) is 1.86. The van der Waals surface area contributed by atoms with Crippen LogP contribution in [0, 0.1) is 5.82 Å². The van der Waals surface area contributed by atoms with Gasteiger partial charge in [0.25, 0.3) is 0 Å². The Labute approximate surface area is 176 Å². The number of pyridine rings is 2. The third kappa shape index (κ3) is 4.58. The standard InChI is InChI=1S/C21H19FN4O5/c1-26(2)20(29)19(28)25-18-14-9-12(8-11-4-6-13(22)7-5-11)10-23-15(14)17(27)16(24-18)21(30)31-3/h4-7,9-10,27H,8H2,1-3H3,(H,24,25,28). The van der Waals surface area contributed by atoms with E-state index in [-0.39, 0.29) is 22.5 Å².